The minimum Gasteiger partial charge on any atom is -0.598 e. The third-order valence-electron chi connectivity index (χ3n) is 5.83. The Balaban J connectivity index is 1.49. The number of pyridine rings is 1. The zero-order valence-electron chi connectivity index (χ0n) is 19.1. The number of nitrogens with two attached hydrogens (primary N) is 2. The average Bonchev–Trinajstić information content (AvgIpc) is 3.01. The van der Waals surface area contributed by atoms with Gasteiger partial charge in [-0.2, -0.15) is 5.14 Å². The summed E-state index contributed by atoms with van der Waals surface area (Å²) in [5.74, 6) is 1.10. The van der Waals surface area contributed by atoms with Crippen LogP contribution in [0.25, 0.3) is 0 Å². The van der Waals surface area contributed by atoms with Crippen molar-refractivity contribution >= 4 is 46.4 Å². The van der Waals surface area contributed by atoms with E-state index in [0.29, 0.717) is 17.4 Å². The van der Waals surface area contributed by atoms with Crippen molar-refractivity contribution in [2.45, 2.75) is 47.5 Å². The highest BCUT2D eigenvalue weighted by Crippen LogP contribution is 2.35. The van der Waals surface area contributed by atoms with Gasteiger partial charge >= 0.3 is 0 Å². The molecule has 2 atom stereocenters. The smallest absolute Gasteiger partial charge is 0.151 e. The van der Waals surface area contributed by atoms with Crippen LogP contribution in [-0.2, 0) is 17.9 Å². The first-order valence-corrected chi connectivity index (χ1v) is 13.3. The SMILES string of the molecule is CC(C)(CN[C@H]1CCN(c2cnc(Sc3ccnc(N)c3Cl)cn2)Cc2ccccc21)[S+](N)[O-]. The lowest BCUT2D eigenvalue weighted by Crippen LogP contribution is -2.46. The van der Waals surface area contributed by atoms with Gasteiger partial charge in [0.15, 0.2) is 4.75 Å². The van der Waals surface area contributed by atoms with E-state index in [1.165, 1.54) is 22.9 Å². The number of fused-ring (bicyclic) bond motifs is 1. The van der Waals surface area contributed by atoms with Crippen LogP contribution in [-0.4, -0.2) is 37.3 Å². The minimum absolute atomic E-state index is 0.131. The van der Waals surface area contributed by atoms with E-state index in [1.54, 1.807) is 24.7 Å². The number of nitrogens with one attached hydrogen (secondary N) is 1. The first kappa shape index (κ1) is 25.0. The molecule has 0 spiro atoms. The summed E-state index contributed by atoms with van der Waals surface area (Å²) in [6.07, 6.45) is 6.03. The molecule has 3 aromatic rings. The summed E-state index contributed by atoms with van der Waals surface area (Å²) in [4.78, 5) is 16.3. The topological polar surface area (TPSA) is 129 Å². The summed E-state index contributed by atoms with van der Waals surface area (Å²) in [6, 6.07) is 10.3. The zero-order valence-corrected chi connectivity index (χ0v) is 21.5. The summed E-state index contributed by atoms with van der Waals surface area (Å²) < 4.78 is 11.4. The van der Waals surface area contributed by atoms with Gasteiger partial charge in [0.25, 0.3) is 0 Å². The van der Waals surface area contributed by atoms with Crippen molar-refractivity contribution in [3.05, 3.63) is 65.1 Å². The predicted octanol–water partition coefficient (Wildman–Crippen LogP) is 3.70. The molecule has 1 aromatic carbocycles. The van der Waals surface area contributed by atoms with Gasteiger partial charge in [-0.15, -0.1) is 0 Å². The largest absolute Gasteiger partial charge is 0.598 e. The Hall–Kier alpha value is -2.08. The normalized spacial score (nSPS) is 17.2. The molecular formula is C23H28ClN7OS2. The first-order chi connectivity index (χ1) is 16.2. The van der Waals surface area contributed by atoms with Crippen LogP contribution in [0.5, 0.6) is 0 Å². The molecule has 1 unspecified atom stereocenters. The van der Waals surface area contributed by atoms with Gasteiger partial charge in [-0.05, 0) is 37.5 Å². The van der Waals surface area contributed by atoms with Gasteiger partial charge in [0.05, 0.1) is 17.4 Å². The molecule has 1 aliphatic heterocycles. The average molecular weight is 518 g/mol. The Morgan fingerprint density at radius 2 is 2.03 bits per heavy atom. The number of benzene rings is 1. The molecule has 0 fully saturated rings. The molecule has 8 nitrogen and oxygen atoms in total. The predicted molar refractivity (Wildman–Crippen MR) is 139 cm³/mol. The third-order valence-corrected chi connectivity index (χ3v) is 8.55. The number of nitrogen functional groups attached to an aromatic ring is 1. The summed E-state index contributed by atoms with van der Waals surface area (Å²) in [6.45, 7) is 5.91. The number of halogens is 1. The molecule has 11 heteroatoms. The van der Waals surface area contributed by atoms with Crippen LogP contribution in [0, 0.1) is 0 Å². The van der Waals surface area contributed by atoms with Crippen molar-refractivity contribution in [2.75, 3.05) is 23.7 Å². The number of hydrogen-bond acceptors (Lipinski definition) is 9. The van der Waals surface area contributed by atoms with Gasteiger partial charge in [0.2, 0.25) is 0 Å². The lowest BCUT2D eigenvalue weighted by molar-refractivity contribution is 0.456. The Kier molecular flexibility index (Phi) is 7.86. The van der Waals surface area contributed by atoms with E-state index in [0.717, 1.165) is 35.2 Å². The van der Waals surface area contributed by atoms with E-state index in [4.69, 9.17) is 22.5 Å². The van der Waals surface area contributed by atoms with Gasteiger partial charge in [0.1, 0.15) is 16.7 Å². The Labute approximate surface area is 212 Å². The molecule has 180 valence electrons. The summed E-state index contributed by atoms with van der Waals surface area (Å²) in [5.41, 5.74) is 8.26. The number of anilines is 2. The second-order valence-corrected chi connectivity index (χ2v) is 11.9. The summed E-state index contributed by atoms with van der Waals surface area (Å²) in [7, 11) is 0. The van der Waals surface area contributed by atoms with Gasteiger partial charge < -0.3 is 20.5 Å². The van der Waals surface area contributed by atoms with Gasteiger partial charge in [0, 0.05) is 48.1 Å². The fourth-order valence-corrected chi connectivity index (χ4v) is 4.96. The summed E-state index contributed by atoms with van der Waals surface area (Å²) >= 11 is 6.24. The van der Waals surface area contributed by atoms with Gasteiger partial charge in [-0.1, -0.05) is 47.6 Å². The molecule has 0 radical (unpaired) electrons. The summed E-state index contributed by atoms with van der Waals surface area (Å²) in [5, 5.41) is 10.4. The fourth-order valence-electron chi connectivity index (χ4n) is 3.75. The molecule has 0 saturated carbocycles. The van der Waals surface area contributed by atoms with Crippen molar-refractivity contribution in [3.63, 3.8) is 0 Å². The molecule has 0 aliphatic carbocycles. The molecule has 2 aromatic heterocycles. The van der Waals surface area contributed by atoms with Crippen molar-refractivity contribution in [1.82, 2.24) is 20.3 Å². The van der Waals surface area contributed by atoms with Crippen molar-refractivity contribution < 1.29 is 4.55 Å². The quantitative estimate of drug-likeness (QED) is 0.401. The molecule has 5 N–H and O–H groups in total. The Morgan fingerprint density at radius 3 is 2.76 bits per heavy atom. The van der Waals surface area contributed by atoms with Crippen LogP contribution in [0.15, 0.2) is 58.8 Å². The van der Waals surface area contributed by atoms with Gasteiger partial charge in [-0.3, -0.25) is 0 Å². The lowest BCUT2D eigenvalue weighted by atomic mass is 9.99. The molecule has 0 amide bonds. The van der Waals surface area contributed by atoms with Crippen molar-refractivity contribution in [1.29, 1.82) is 0 Å². The van der Waals surface area contributed by atoms with Crippen LogP contribution >= 0.6 is 23.4 Å². The van der Waals surface area contributed by atoms with Crippen LogP contribution in [0.1, 0.15) is 37.4 Å². The highest BCUT2D eigenvalue weighted by Gasteiger charge is 2.32. The highest BCUT2D eigenvalue weighted by atomic mass is 35.5. The van der Waals surface area contributed by atoms with E-state index < -0.39 is 16.1 Å². The van der Waals surface area contributed by atoms with E-state index in [2.05, 4.69) is 43.4 Å². The van der Waals surface area contributed by atoms with Crippen LogP contribution in [0.4, 0.5) is 11.6 Å². The monoisotopic (exact) mass is 517 g/mol. The molecule has 0 saturated heterocycles. The molecular weight excluding hydrogens is 490 g/mol. The molecule has 0 bridgehead atoms. The third kappa shape index (κ3) is 5.76. The van der Waals surface area contributed by atoms with Crippen LogP contribution in [0.2, 0.25) is 5.02 Å². The van der Waals surface area contributed by atoms with E-state index >= 15 is 0 Å². The molecule has 3 heterocycles. The molecule has 34 heavy (non-hydrogen) atoms. The van der Waals surface area contributed by atoms with Crippen LogP contribution in [0.3, 0.4) is 0 Å². The van der Waals surface area contributed by atoms with Gasteiger partial charge in [-0.25, -0.2) is 15.0 Å². The van der Waals surface area contributed by atoms with E-state index in [9.17, 15) is 4.55 Å². The highest BCUT2D eigenvalue weighted by molar-refractivity contribution is 7.99. The fraction of sp³-hybridized carbons (Fsp3) is 0.348. The Bertz CT molecular complexity index is 1130. The standard InChI is InChI=1S/C23H28ClN7OS2/c1-23(2,34(26)32)14-30-17-8-10-31(13-15-5-3-4-6-16(15)17)19-11-29-20(12-28-19)33-18-7-9-27-22(25)21(18)24/h3-7,9,11-12,17,30H,8,10,13-14,26H2,1-2H3,(H2,25,27)/t17-,34?/m0/s1. The second kappa shape index (κ2) is 10.7. The van der Waals surface area contributed by atoms with Crippen LogP contribution < -0.4 is 21.1 Å². The lowest BCUT2D eigenvalue weighted by Gasteiger charge is -2.28. The minimum atomic E-state index is -1.41. The maximum Gasteiger partial charge on any atom is 0.151 e. The maximum absolute atomic E-state index is 11.9. The van der Waals surface area contributed by atoms with E-state index in [-0.39, 0.29) is 6.04 Å². The number of nitrogens with zero attached hydrogens (tertiary/aromatic N) is 4. The van der Waals surface area contributed by atoms with Crippen molar-refractivity contribution in [2.24, 2.45) is 5.14 Å². The molecule has 4 rings (SSSR count). The number of aromatic nitrogens is 3. The molecule has 1 aliphatic rings. The maximum atomic E-state index is 11.9. The number of rotatable bonds is 7. The van der Waals surface area contributed by atoms with Crippen molar-refractivity contribution in [3.8, 4) is 0 Å². The number of hydrogen-bond donors (Lipinski definition) is 3. The second-order valence-electron chi connectivity index (χ2n) is 8.72. The zero-order chi connectivity index (χ0) is 24.3. The Morgan fingerprint density at radius 1 is 1.24 bits per heavy atom. The first-order valence-electron chi connectivity index (χ1n) is 10.9. The van der Waals surface area contributed by atoms with E-state index in [1.807, 2.05) is 19.9 Å².